The largest absolute Gasteiger partial charge is 0.391 e. The molecule has 1 N–H and O–H groups in total. The van der Waals surface area contributed by atoms with Gasteiger partial charge in [-0.2, -0.15) is 0 Å². The summed E-state index contributed by atoms with van der Waals surface area (Å²) in [7, 11) is 0. The van der Waals surface area contributed by atoms with Crippen LogP contribution in [0.5, 0.6) is 0 Å². The maximum atomic E-state index is 12.6. The summed E-state index contributed by atoms with van der Waals surface area (Å²) in [4.78, 5) is 18.6. The quantitative estimate of drug-likeness (QED) is 0.908. The summed E-state index contributed by atoms with van der Waals surface area (Å²) in [5.41, 5.74) is 1.44. The number of morpholine rings is 1. The molecule has 0 radical (unpaired) electrons. The zero-order valence-electron chi connectivity index (χ0n) is 11.9. The number of hydrogen-bond acceptors (Lipinski definition) is 4. The summed E-state index contributed by atoms with van der Waals surface area (Å²) in [5.74, 6) is -0.0674. The molecule has 0 saturated carbocycles. The summed E-state index contributed by atoms with van der Waals surface area (Å²) < 4.78 is 5.47. The number of benzene rings is 1. The number of ether oxygens (including phenoxy) is 1. The van der Waals surface area contributed by atoms with Crippen molar-refractivity contribution in [2.75, 3.05) is 19.7 Å². The number of aliphatic hydroxyl groups excluding tert-OH is 1. The van der Waals surface area contributed by atoms with Crippen molar-refractivity contribution < 1.29 is 14.6 Å². The van der Waals surface area contributed by atoms with Crippen LogP contribution in [0.1, 0.15) is 17.3 Å². The van der Waals surface area contributed by atoms with Crippen LogP contribution in [0.2, 0.25) is 0 Å². The smallest absolute Gasteiger partial charge is 0.255 e. The molecule has 3 rings (SSSR count). The van der Waals surface area contributed by atoms with E-state index in [0.717, 1.165) is 10.9 Å². The molecule has 2 heterocycles. The van der Waals surface area contributed by atoms with Crippen molar-refractivity contribution in [3.05, 3.63) is 42.1 Å². The van der Waals surface area contributed by atoms with Gasteiger partial charge in [0.2, 0.25) is 0 Å². The third kappa shape index (κ3) is 2.89. The molecule has 1 fully saturated rings. The molecule has 21 heavy (non-hydrogen) atoms. The lowest BCUT2D eigenvalue weighted by atomic mass is 10.1. The zero-order chi connectivity index (χ0) is 14.8. The number of rotatable bonds is 2. The molecule has 0 bridgehead atoms. The average Bonchev–Trinajstić information content (AvgIpc) is 2.53. The second-order valence-corrected chi connectivity index (χ2v) is 5.32. The third-order valence-corrected chi connectivity index (χ3v) is 3.76. The van der Waals surface area contributed by atoms with Gasteiger partial charge in [-0.15, -0.1) is 0 Å². The van der Waals surface area contributed by atoms with E-state index in [9.17, 15) is 9.90 Å². The molecule has 2 aromatic rings. The highest BCUT2D eigenvalue weighted by molar-refractivity contribution is 5.97. The van der Waals surface area contributed by atoms with E-state index in [4.69, 9.17) is 4.74 Å². The Labute approximate surface area is 123 Å². The van der Waals surface area contributed by atoms with Gasteiger partial charge in [0.1, 0.15) is 6.10 Å². The molecular weight excluding hydrogens is 268 g/mol. The number of aliphatic hydroxyl groups is 1. The minimum atomic E-state index is -0.588. The number of nitrogens with zero attached hydrogens (tertiary/aromatic N) is 2. The summed E-state index contributed by atoms with van der Waals surface area (Å²) in [6, 6.07) is 9.57. The molecule has 2 atom stereocenters. The normalized spacial score (nSPS) is 20.5. The molecule has 0 aliphatic carbocycles. The van der Waals surface area contributed by atoms with E-state index in [1.807, 2.05) is 30.3 Å². The van der Waals surface area contributed by atoms with E-state index in [2.05, 4.69) is 4.98 Å². The fourth-order valence-electron chi connectivity index (χ4n) is 2.52. The van der Waals surface area contributed by atoms with Gasteiger partial charge < -0.3 is 14.7 Å². The van der Waals surface area contributed by atoms with Crippen LogP contribution in [-0.4, -0.2) is 52.8 Å². The van der Waals surface area contributed by atoms with Gasteiger partial charge in [-0.05, 0) is 19.1 Å². The molecule has 1 aliphatic heterocycles. The number of fused-ring (bicyclic) bond motifs is 1. The SMILES string of the molecule is CC(O)C1CN(C(=O)c2cnc3ccccc3c2)CCO1. The maximum Gasteiger partial charge on any atom is 0.255 e. The summed E-state index contributed by atoms with van der Waals surface area (Å²) in [5, 5.41) is 10.6. The highest BCUT2D eigenvalue weighted by Crippen LogP contribution is 2.16. The third-order valence-electron chi connectivity index (χ3n) is 3.76. The molecule has 5 nitrogen and oxygen atoms in total. The summed E-state index contributed by atoms with van der Waals surface area (Å²) in [6.45, 7) is 3.07. The first-order valence-corrected chi connectivity index (χ1v) is 7.09. The molecule has 2 unspecified atom stereocenters. The Morgan fingerprint density at radius 2 is 2.29 bits per heavy atom. The van der Waals surface area contributed by atoms with Crippen LogP contribution in [0, 0.1) is 0 Å². The van der Waals surface area contributed by atoms with Gasteiger partial charge in [0.15, 0.2) is 0 Å². The number of amides is 1. The van der Waals surface area contributed by atoms with Crippen molar-refractivity contribution in [1.29, 1.82) is 0 Å². The first kappa shape index (κ1) is 14.0. The van der Waals surface area contributed by atoms with Crippen LogP contribution >= 0.6 is 0 Å². The Kier molecular flexibility index (Phi) is 3.86. The number of hydrogen-bond donors (Lipinski definition) is 1. The lowest BCUT2D eigenvalue weighted by Crippen LogP contribution is -2.49. The van der Waals surface area contributed by atoms with E-state index < -0.39 is 6.10 Å². The van der Waals surface area contributed by atoms with Crippen LogP contribution in [0.4, 0.5) is 0 Å². The zero-order valence-corrected chi connectivity index (χ0v) is 11.9. The van der Waals surface area contributed by atoms with Crippen LogP contribution < -0.4 is 0 Å². The molecule has 110 valence electrons. The number of carbonyl (C=O) groups is 1. The van der Waals surface area contributed by atoms with E-state index >= 15 is 0 Å². The van der Waals surface area contributed by atoms with E-state index in [1.165, 1.54) is 0 Å². The molecule has 5 heteroatoms. The summed E-state index contributed by atoms with van der Waals surface area (Å²) in [6.07, 6.45) is 0.698. The lowest BCUT2D eigenvalue weighted by molar-refractivity contribution is -0.0745. The van der Waals surface area contributed by atoms with Crippen molar-refractivity contribution in [3.8, 4) is 0 Å². The number of aromatic nitrogens is 1. The van der Waals surface area contributed by atoms with Gasteiger partial charge in [-0.1, -0.05) is 18.2 Å². The van der Waals surface area contributed by atoms with E-state index in [1.54, 1.807) is 18.0 Å². The fourth-order valence-corrected chi connectivity index (χ4v) is 2.52. The average molecular weight is 286 g/mol. The van der Waals surface area contributed by atoms with Gasteiger partial charge in [0.05, 0.1) is 23.8 Å². The number of pyridine rings is 1. The van der Waals surface area contributed by atoms with Gasteiger partial charge >= 0.3 is 0 Å². The standard InChI is InChI=1S/C16H18N2O3/c1-11(19)15-10-18(6-7-21-15)16(20)13-8-12-4-2-3-5-14(12)17-9-13/h2-5,8-9,11,15,19H,6-7,10H2,1H3. The Balaban J connectivity index is 1.82. The molecular formula is C16H18N2O3. The predicted molar refractivity (Wildman–Crippen MR) is 79.1 cm³/mol. The number of para-hydroxylation sites is 1. The summed E-state index contributed by atoms with van der Waals surface area (Å²) >= 11 is 0. The monoisotopic (exact) mass is 286 g/mol. The molecule has 1 aromatic heterocycles. The highest BCUT2D eigenvalue weighted by atomic mass is 16.5. The topological polar surface area (TPSA) is 62.7 Å². The van der Waals surface area contributed by atoms with Gasteiger partial charge in [-0.25, -0.2) is 0 Å². The van der Waals surface area contributed by atoms with Crippen molar-refractivity contribution in [2.24, 2.45) is 0 Å². The molecule has 0 spiro atoms. The molecule has 1 aliphatic rings. The number of carbonyl (C=O) groups excluding carboxylic acids is 1. The van der Waals surface area contributed by atoms with Crippen molar-refractivity contribution in [3.63, 3.8) is 0 Å². The second kappa shape index (κ2) is 5.79. The van der Waals surface area contributed by atoms with Crippen molar-refractivity contribution in [1.82, 2.24) is 9.88 Å². The Morgan fingerprint density at radius 1 is 1.48 bits per heavy atom. The second-order valence-electron chi connectivity index (χ2n) is 5.32. The Hall–Kier alpha value is -1.98. The van der Waals surface area contributed by atoms with E-state index in [-0.39, 0.29) is 12.0 Å². The molecule has 1 saturated heterocycles. The van der Waals surface area contributed by atoms with Crippen molar-refractivity contribution in [2.45, 2.75) is 19.1 Å². The minimum absolute atomic E-state index is 0.0674. The molecule has 1 aromatic carbocycles. The van der Waals surface area contributed by atoms with Crippen LogP contribution in [0.3, 0.4) is 0 Å². The van der Waals surface area contributed by atoms with Gasteiger partial charge in [0, 0.05) is 24.7 Å². The highest BCUT2D eigenvalue weighted by Gasteiger charge is 2.27. The fraction of sp³-hybridized carbons (Fsp3) is 0.375. The van der Waals surface area contributed by atoms with Crippen molar-refractivity contribution >= 4 is 16.8 Å². The molecule has 1 amide bonds. The van der Waals surface area contributed by atoms with Crippen LogP contribution in [0.15, 0.2) is 36.5 Å². The lowest BCUT2D eigenvalue weighted by Gasteiger charge is -2.34. The minimum Gasteiger partial charge on any atom is -0.391 e. The van der Waals surface area contributed by atoms with E-state index in [0.29, 0.717) is 25.3 Å². The Morgan fingerprint density at radius 3 is 3.10 bits per heavy atom. The van der Waals surface area contributed by atoms with Gasteiger partial charge in [0.25, 0.3) is 5.91 Å². The van der Waals surface area contributed by atoms with Gasteiger partial charge in [-0.3, -0.25) is 9.78 Å². The predicted octanol–water partition coefficient (Wildman–Crippen LogP) is 1.46. The Bertz CT molecular complexity index is 657. The first-order valence-electron chi connectivity index (χ1n) is 7.09. The van der Waals surface area contributed by atoms with Crippen LogP contribution in [-0.2, 0) is 4.74 Å². The van der Waals surface area contributed by atoms with Crippen LogP contribution in [0.25, 0.3) is 10.9 Å². The maximum absolute atomic E-state index is 12.6. The first-order chi connectivity index (χ1) is 10.1.